The second-order valence-electron chi connectivity index (χ2n) is 2.64. The highest BCUT2D eigenvalue weighted by atomic mass is 35.5. The molecular formula is C8H15ClN2O2. The first-order valence-corrected chi connectivity index (χ1v) is 4.87. The quantitative estimate of drug-likeness (QED) is 0.520. The summed E-state index contributed by atoms with van der Waals surface area (Å²) in [7, 11) is 0. The van der Waals surface area contributed by atoms with Gasteiger partial charge in [0, 0.05) is 18.7 Å². The number of rotatable bonds is 5. The summed E-state index contributed by atoms with van der Waals surface area (Å²) >= 11 is 5.39. The molecule has 4 nitrogen and oxygen atoms in total. The van der Waals surface area contributed by atoms with Gasteiger partial charge in [0.25, 0.3) is 0 Å². The van der Waals surface area contributed by atoms with Gasteiger partial charge in [-0.1, -0.05) is 6.92 Å². The number of hydrogen-bond acceptors (Lipinski definition) is 2. The van der Waals surface area contributed by atoms with E-state index in [0.29, 0.717) is 25.1 Å². The summed E-state index contributed by atoms with van der Waals surface area (Å²) in [6, 6.07) is 0. The van der Waals surface area contributed by atoms with Gasteiger partial charge >= 0.3 is 0 Å². The van der Waals surface area contributed by atoms with Crippen molar-refractivity contribution >= 4 is 23.4 Å². The van der Waals surface area contributed by atoms with Gasteiger partial charge in [-0.25, -0.2) is 0 Å². The smallest absolute Gasteiger partial charge is 0.238 e. The van der Waals surface area contributed by atoms with Crippen molar-refractivity contribution in [3.63, 3.8) is 0 Å². The first-order chi connectivity index (χ1) is 6.20. The molecule has 0 heterocycles. The van der Waals surface area contributed by atoms with Crippen LogP contribution in [-0.2, 0) is 9.59 Å². The van der Waals surface area contributed by atoms with Gasteiger partial charge in [-0.15, -0.1) is 11.6 Å². The molecule has 0 aliphatic carbocycles. The number of amides is 2. The molecule has 0 aliphatic heterocycles. The highest BCUT2D eigenvalue weighted by Gasteiger charge is 2.02. The molecule has 0 aliphatic rings. The molecule has 0 spiro atoms. The topological polar surface area (TPSA) is 58.2 Å². The maximum atomic E-state index is 10.9. The van der Waals surface area contributed by atoms with Crippen LogP contribution in [-0.4, -0.2) is 17.7 Å². The molecular weight excluding hydrogens is 192 g/mol. The van der Waals surface area contributed by atoms with Crippen LogP contribution in [0.25, 0.3) is 0 Å². The predicted molar refractivity (Wildman–Crippen MR) is 51.1 cm³/mol. The molecule has 0 aromatic rings. The van der Waals surface area contributed by atoms with E-state index in [1.54, 1.807) is 0 Å². The molecule has 0 radical (unpaired) electrons. The summed E-state index contributed by atoms with van der Waals surface area (Å²) in [4.78, 5) is 21.8. The van der Waals surface area contributed by atoms with Crippen molar-refractivity contribution in [2.24, 2.45) is 0 Å². The molecule has 0 atom stereocenters. The van der Waals surface area contributed by atoms with Crippen molar-refractivity contribution < 1.29 is 9.59 Å². The predicted octanol–water partition coefficient (Wildman–Crippen LogP) is 0.953. The fraction of sp³-hybridized carbons (Fsp3) is 0.750. The molecule has 0 rings (SSSR count). The van der Waals surface area contributed by atoms with Crippen LogP contribution >= 0.6 is 11.6 Å². The van der Waals surface area contributed by atoms with E-state index in [2.05, 4.69) is 10.9 Å². The molecule has 0 saturated heterocycles. The van der Waals surface area contributed by atoms with Gasteiger partial charge in [0.1, 0.15) is 0 Å². The molecule has 0 unspecified atom stereocenters. The Kier molecular flexibility index (Phi) is 7.39. The number of alkyl halides is 1. The van der Waals surface area contributed by atoms with E-state index < -0.39 is 0 Å². The minimum Gasteiger partial charge on any atom is -0.273 e. The van der Waals surface area contributed by atoms with Gasteiger partial charge < -0.3 is 0 Å². The van der Waals surface area contributed by atoms with Gasteiger partial charge in [-0.2, -0.15) is 0 Å². The van der Waals surface area contributed by atoms with Gasteiger partial charge in [0.05, 0.1) is 0 Å². The standard InChI is InChI=1S/C8H15ClN2O2/c1-2-4-7(12)10-11-8(13)5-3-6-9/h2-6H2,1H3,(H,10,12)(H,11,13). The summed E-state index contributed by atoms with van der Waals surface area (Å²) in [5, 5.41) is 0. The Morgan fingerprint density at radius 2 is 1.69 bits per heavy atom. The molecule has 0 fully saturated rings. The van der Waals surface area contributed by atoms with Crippen molar-refractivity contribution in [1.29, 1.82) is 0 Å². The molecule has 5 heteroatoms. The third kappa shape index (κ3) is 7.59. The van der Waals surface area contributed by atoms with E-state index in [1.807, 2.05) is 6.92 Å². The third-order valence-electron chi connectivity index (χ3n) is 1.36. The fourth-order valence-corrected chi connectivity index (χ4v) is 0.852. The number of halogens is 1. The van der Waals surface area contributed by atoms with Crippen LogP contribution in [0.4, 0.5) is 0 Å². The third-order valence-corrected chi connectivity index (χ3v) is 1.62. The van der Waals surface area contributed by atoms with Crippen LogP contribution in [0.15, 0.2) is 0 Å². The number of carbonyl (C=O) groups is 2. The summed E-state index contributed by atoms with van der Waals surface area (Å²) in [5.41, 5.74) is 4.62. The highest BCUT2D eigenvalue weighted by molar-refractivity contribution is 6.17. The lowest BCUT2D eigenvalue weighted by molar-refractivity contribution is -0.128. The molecule has 2 N–H and O–H groups in total. The lowest BCUT2D eigenvalue weighted by Crippen LogP contribution is -2.41. The van der Waals surface area contributed by atoms with E-state index in [0.717, 1.165) is 6.42 Å². The number of nitrogens with one attached hydrogen (secondary N) is 2. The van der Waals surface area contributed by atoms with Crippen molar-refractivity contribution in [2.45, 2.75) is 32.6 Å². The van der Waals surface area contributed by atoms with Crippen molar-refractivity contribution in [1.82, 2.24) is 10.9 Å². The Morgan fingerprint density at radius 1 is 1.15 bits per heavy atom. The average Bonchev–Trinajstić information content (AvgIpc) is 2.12. The van der Waals surface area contributed by atoms with E-state index in [1.165, 1.54) is 0 Å². The molecule has 13 heavy (non-hydrogen) atoms. The lowest BCUT2D eigenvalue weighted by atomic mass is 10.3. The zero-order chi connectivity index (χ0) is 10.1. The molecule has 2 amide bonds. The Bertz CT molecular complexity index is 174. The maximum Gasteiger partial charge on any atom is 0.238 e. The monoisotopic (exact) mass is 206 g/mol. The number of hydrazine groups is 1. The molecule has 76 valence electrons. The Labute approximate surface area is 83.0 Å². The Morgan fingerprint density at radius 3 is 2.15 bits per heavy atom. The van der Waals surface area contributed by atoms with Crippen LogP contribution in [0.5, 0.6) is 0 Å². The molecule has 0 saturated carbocycles. The molecule has 0 aromatic carbocycles. The Hall–Kier alpha value is -0.770. The second kappa shape index (κ2) is 7.86. The van der Waals surface area contributed by atoms with E-state index in [-0.39, 0.29) is 11.8 Å². The average molecular weight is 207 g/mol. The van der Waals surface area contributed by atoms with Crippen molar-refractivity contribution in [3.8, 4) is 0 Å². The first kappa shape index (κ1) is 12.2. The summed E-state index contributed by atoms with van der Waals surface area (Å²) < 4.78 is 0. The SMILES string of the molecule is CCCC(=O)NNC(=O)CCCCl. The van der Waals surface area contributed by atoms with Gasteiger partial charge in [0.2, 0.25) is 11.8 Å². The van der Waals surface area contributed by atoms with E-state index in [9.17, 15) is 9.59 Å². The van der Waals surface area contributed by atoms with Gasteiger partial charge in [-0.05, 0) is 12.8 Å². The maximum absolute atomic E-state index is 10.9. The van der Waals surface area contributed by atoms with E-state index >= 15 is 0 Å². The first-order valence-electron chi connectivity index (χ1n) is 4.34. The van der Waals surface area contributed by atoms with Crippen LogP contribution < -0.4 is 10.9 Å². The van der Waals surface area contributed by atoms with Crippen LogP contribution in [0.2, 0.25) is 0 Å². The van der Waals surface area contributed by atoms with Crippen LogP contribution in [0.1, 0.15) is 32.6 Å². The van der Waals surface area contributed by atoms with E-state index in [4.69, 9.17) is 11.6 Å². The summed E-state index contributed by atoms with van der Waals surface area (Å²) in [6.07, 6.45) is 2.16. The largest absolute Gasteiger partial charge is 0.273 e. The minimum atomic E-state index is -0.204. The molecule has 0 bridgehead atoms. The zero-order valence-electron chi connectivity index (χ0n) is 7.73. The van der Waals surface area contributed by atoms with Gasteiger partial charge in [0.15, 0.2) is 0 Å². The molecule has 0 aromatic heterocycles. The second-order valence-corrected chi connectivity index (χ2v) is 3.02. The van der Waals surface area contributed by atoms with Crippen molar-refractivity contribution in [3.05, 3.63) is 0 Å². The van der Waals surface area contributed by atoms with Crippen molar-refractivity contribution in [2.75, 3.05) is 5.88 Å². The minimum absolute atomic E-state index is 0.165. The summed E-state index contributed by atoms with van der Waals surface area (Å²) in [5.74, 6) is 0.0860. The van der Waals surface area contributed by atoms with Gasteiger partial charge in [-0.3, -0.25) is 20.4 Å². The summed E-state index contributed by atoms with van der Waals surface area (Å²) in [6.45, 7) is 1.90. The normalized spacial score (nSPS) is 9.38. The Balaban J connectivity index is 3.40. The fourth-order valence-electron chi connectivity index (χ4n) is 0.719. The zero-order valence-corrected chi connectivity index (χ0v) is 8.49. The lowest BCUT2D eigenvalue weighted by Gasteiger charge is -2.05. The van der Waals surface area contributed by atoms with Crippen LogP contribution in [0.3, 0.4) is 0 Å². The number of hydrogen-bond donors (Lipinski definition) is 2. The number of carbonyl (C=O) groups excluding carboxylic acids is 2. The van der Waals surface area contributed by atoms with Crippen LogP contribution in [0, 0.1) is 0 Å². The highest BCUT2D eigenvalue weighted by Crippen LogP contribution is 1.90.